The molecule has 0 spiro atoms. The van der Waals surface area contributed by atoms with Gasteiger partial charge in [-0.05, 0) is 38.7 Å². The molecule has 0 radical (unpaired) electrons. The zero-order valence-corrected chi connectivity index (χ0v) is 12.1. The van der Waals surface area contributed by atoms with Gasteiger partial charge in [0.25, 0.3) is 0 Å². The molecule has 0 saturated heterocycles. The van der Waals surface area contributed by atoms with E-state index in [2.05, 4.69) is 30.2 Å². The summed E-state index contributed by atoms with van der Waals surface area (Å²) in [5, 5.41) is 14.2. The van der Waals surface area contributed by atoms with Crippen molar-refractivity contribution in [2.45, 2.75) is 45.1 Å². The third-order valence-electron chi connectivity index (χ3n) is 4.46. The molecule has 1 aromatic heterocycles. The van der Waals surface area contributed by atoms with Gasteiger partial charge in [-0.2, -0.15) is 10.4 Å². The van der Waals surface area contributed by atoms with Crippen LogP contribution in [0.2, 0.25) is 0 Å². The van der Waals surface area contributed by atoms with Gasteiger partial charge in [0.15, 0.2) is 0 Å². The fraction of sp³-hybridized carbons (Fsp3) is 0.412. The van der Waals surface area contributed by atoms with E-state index in [-0.39, 0.29) is 5.41 Å². The minimum atomic E-state index is -0.275. The molecule has 1 aromatic carbocycles. The standard InChI is InChI=1S/C17H19N3/c1-13-16(17(12-18)9-6-10-17)14(2)20(19-13)11-15-7-4-3-5-8-15/h3-5,7-8H,6,9-11H2,1-2H3. The first-order valence-corrected chi connectivity index (χ1v) is 7.16. The zero-order valence-electron chi connectivity index (χ0n) is 12.1. The van der Waals surface area contributed by atoms with E-state index in [0.29, 0.717) is 0 Å². The Morgan fingerprint density at radius 2 is 1.95 bits per heavy atom. The summed E-state index contributed by atoms with van der Waals surface area (Å²) < 4.78 is 2.04. The molecule has 1 saturated carbocycles. The lowest BCUT2D eigenvalue weighted by atomic mass is 9.65. The maximum Gasteiger partial charge on any atom is 0.0858 e. The van der Waals surface area contributed by atoms with Crippen molar-refractivity contribution in [1.82, 2.24) is 9.78 Å². The largest absolute Gasteiger partial charge is 0.265 e. The van der Waals surface area contributed by atoms with Crippen molar-refractivity contribution in [2.24, 2.45) is 0 Å². The molecule has 0 aliphatic heterocycles. The summed E-state index contributed by atoms with van der Waals surface area (Å²) in [4.78, 5) is 0. The third-order valence-corrected chi connectivity index (χ3v) is 4.46. The lowest BCUT2D eigenvalue weighted by Crippen LogP contribution is -2.33. The highest BCUT2D eigenvalue weighted by atomic mass is 15.3. The molecule has 2 aromatic rings. The van der Waals surface area contributed by atoms with Crippen molar-refractivity contribution >= 4 is 0 Å². The fourth-order valence-corrected chi connectivity index (χ4v) is 3.25. The molecule has 1 aliphatic carbocycles. The van der Waals surface area contributed by atoms with Crippen LogP contribution in [0, 0.1) is 25.2 Å². The Kier molecular flexibility index (Phi) is 3.10. The monoisotopic (exact) mass is 265 g/mol. The number of hydrogen-bond donors (Lipinski definition) is 0. The smallest absolute Gasteiger partial charge is 0.0858 e. The lowest BCUT2D eigenvalue weighted by Gasteiger charge is -2.35. The molecule has 20 heavy (non-hydrogen) atoms. The van der Waals surface area contributed by atoms with Crippen LogP contribution in [-0.4, -0.2) is 9.78 Å². The van der Waals surface area contributed by atoms with Crippen LogP contribution in [0.25, 0.3) is 0 Å². The minimum absolute atomic E-state index is 0.275. The number of nitrogens with zero attached hydrogens (tertiary/aromatic N) is 3. The van der Waals surface area contributed by atoms with Gasteiger partial charge in [-0.3, -0.25) is 4.68 Å². The Hall–Kier alpha value is -2.08. The Morgan fingerprint density at radius 1 is 1.25 bits per heavy atom. The third kappa shape index (κ3) is 1.92. The zero-order chi connectivity index (χ0) is 14.2. The van der Waals surface area contributed by atoms with Gasteiger partial charge < -0.3 is 0 Å². The van der Waals surface area contributed by atoms with Gasteiger partial charge in [-0.25, -0.2) is 0 Å². The highest BCUT2D eigenvalue weighted by Gasteiger charge is 2.42. The molecule has 3 rings (SSSR count). The van der Waals surface area contributed by atoms with E-state index in [9.17, 15) is 5.26 Å². The van der Waals surface area contributed by atoms with E-state index in [1.165, 1.54) is 11.1 Å². The van der Waals surface area contributed by atoms with Crippen LogP contribution < -0.4 is 0 Å². The van der Waals surface area contributed by atoms with Crippen LogP contribution >= 0.6 is 0 Å². The topological polar surface area (TPSA) is 41.6 Å². The summed E-state index contributed by atoms with van der Waals surface area (Å²) in [6, 6.07) is 12.9. The summed E-state index contributed by atoms with van der Waals surface area (Å²) >= 11 is 0. The van der Waals surface area contributed by atoms with Gasteiger partial charge >= 0.3 is 0 Å². The number of benzene rings is 1. The van der Waals surface area contributed by atoms with Crippen molar-refractivity contribution in [1.29, 1.82) is 5.26 Å². The van der Waals surface area contributed by atoms with Gasteiger partial charge in [0.05, 0.1) is 23.7 Å². The molecular weight excluding hydrogens is 246 g/mol. The molecule has 0 bridgehead atoms. The molecule has 1 fully saturated rings. The molecule has 0 amide bonds. The second-order valence-corrected chi connectivity index (χ2v) is 5.74. The first-order chi connectivity index (χ1) is 9.66. The highest BCUT2D eigenvalue weighted by Crippen LogP contribution is 2.45. The summed E-state index contributed by atoms with van der Waals surface area (Å²) in [6.07, 6.45) is 3.10. The average Bonchev–Trinajstić information content (AvgIpc) is 2.68. The quantitative estimate of drug-likeness (QED) is 0.852. The predicted octanol–water partition coefficient (Wildman–Crippen LogP) is 3.49. The van der Waals surface area contributed by atoms with E-state index >= 15 is 0 Å². The fourth-order valence-electron chi connectivity index (χ4n) is 3.25. The maximum atomic E-state index is 9.55. The van der Waals surface area contributed by atoms with E-state index < -0.39 is 0 Å². The number of aromatic nitrogens is 2. The maximum absolute atomic E-state index is 9.55. The Bertz CT molecular complexity index is 658. The van der Waals surface area contributed by atoms with Crippen molar-refractivity contribution in [2.75, 3.05) is 0 Å². The molecule has 102 valence electrons. The van der Waals surface area contributed by atoms with Crippen LogP contribution in [0.4, 0.5) is 0 Å². The van der Waals surface area contributed by atoms with Crippen LogP contribution in [0.15, 0.2) is 30.3 Å². The first kappa shape index (κ1) is 12.9. The molecule has 3 heteroatoms. The Balaban J connectivity index is 1.98. The van der Waals surface area contributed by atoms with Gasteiger partial charge in [-0.15, -0.1) is 0 Å². The van der Waals surface area contributed by atoms with Crippen molar-refractivity contribution < 1.29 is 0 Å². The van der Waals surface area contributed by atoms with Crippen molar-refractivity contribution in [3.63, 3.8) is 0 Å². The first-order valence-electron chi connectivity index (χ1n) is 7.16. The van der Waals surface area contributed by atoms with E-state index in [1.54, 1.807) is 0 Å². The van der Waals surface area contributed by atoms with Crippen molar-refractivity contribution in [3.05, 3.63) is 52.8 Å². The Labute approximate surface area is 119 Å². The molecule has 1 aliphatic rings. The molecule has 3 nitrogen and oxygen atoms in total. The van der Waals surface area contributed by atoms with E-state index in [0.717, 1.165) is 37.2 Å². The SMILES string of the molecule is Cc1nn(Cc2ccccc2)c(C)c1C1(C#N)CCC1. The molecule has 1 heterocycles. The summed E-state index contributed by atoms with van der Waals surface area (Å²) in [5.41, 5.74) is 4.29. The number of rotatable bonds is 3. The number of hydrogen-bond acceptors (Lipinski definition) is 2. The Morgan fingerprint density at radius 3 is 2.50 bits per heavy atom. The van der Waals surface area contributed by atoms with Crippen molar-refractivity contribution in [3.8, 4) is 6.07 Å². The van der Waals surface area contributed by atoms with Gasteiger partial charge in [0, 0.05) is 11.3 Å². The number of nitriles is 1. The predicted molar refractivity (Wildman–Crippen MR) is 78.4 cm³/mol. The van der Waals surface area contributed by atoms with E-state index in [4.69, 9.17) is 0 Å². The van der Waals surface area contributed by atoms with Gasteiger partial charge in [0.1, 0.15) is 0 Å². The summed E-state index contributed by atoms with van der Waals surface area (Å²) in [6.45, 7) is 4.89. The van der Waals surface area contributed by atoms with Crippen LogP contribution in [0.5, 0.6) is 0 Å². The van der Waals surface area contributed by atoms with E-state index in [1.807, 2.05) is 29.8 Å². The normalized spacial score (nSPS) is 16.4. The molecule has 0 unspecified atom stereocenters. The van der Waals surface area contributed by atoms with Crippen LogP contribution in [0.1, 0.15) is 41.8 Å². The second-order valence-electron chi connectivity index (χ2n) is 5.74. The van der Waals surface area contributed by atoms with Crippen LogP contribution in [-0.2, 0) is 12.0 Å². The summed E-state index contributed by atoms with van der Waals surface area (Å²) in [5.74, 6) is 0. The minimum Gasteiger partial charge on any atom is -0.265 e. The average molecular weight is 265 g/mol. The summed E-state index contributed by atoms with van der Waals surface area (Å²) in [7, 11) is 0. The van der Waals surface area contributed by atoms with Gasteiger partial charge in [-0.1, -0.05) is 30.3 Å². The number of aryl methyl sites for hydroxylation is 1. The van der Waals surface area contributed by atoms with Crippen LogP contribution in [0.3, 0.4) is 0 Å². The van der Waals surface area contributed by atoms with Gasteiger partial charge in [0.2, 0.25) is 0 Å². The lowest BCUT2D eigenvalue weighted by molar-refractivity contribution is 0.321. The highest BCUT2D eigenvalue weighted by molar-refractivity contribution is 5.41. The molecule has 0 atom stereocenters. The molecule has 0 N–H and O–H groups in total. The second kappa shape index (κ2) is 4.79. The molecular formula is C17H19N3.